The fraction of sp³-hybridized carbons (Fsp3) is 0.455. The van der Waals surface area contributed by atoms with Gasteiger partial charge in [0.05, 0.1) is 5.92 Å². The molecule has 3 heteroatoms. The minimum absolute atomic E-state index is 0.0806. The zero-order chi connectivity index (χ0) is 10.7. The van der Waals surface area contributed by atoms with Crippen LogP contribution in [-0.2, 0) is 4.79 Å². The number of aliphatic carboxylic acids is 1. The van der Waals surface area contributed by atoms with Crippen LogP contribution in [0, 0.1) is 12.8 Å². The van der Waals surface area contributed by atoms with Gasteiger partial charge in [0, 0.05) is 11.9 Å². The average Bonchev–Trinajstić information content (AvgIpc) is 2.07. The largest absolute Gasteiger partial charge is 0.481 e. The Morgan fingerprint density at radius 1 is 1.43 bits per heavy atom. The van der Waals surface area contributed by atoms with Gasteiger partial charge < -0.3 is 5.11 Å². The summed E-state index contributed by atoms with van der Waals surface area (Å²) < 4.78 is 0. The third-order valence-corrected chi connectivity index (χ3v) is 2.23. The van der Waals surface area contributed by atoms with Crippen LogP contribution in [0.3, 0.4) is 0 Å². The molecule has 0 aromatic carbocycles. The summed E-state index contributed by atoms with van der Waals surface area (Å²) in [6.45, 7) is 5.69. The number of hydrogen-bond donors (Lipinski definition) is 1. The normalized spacial score (nSPS) is 12.9. The molecule has 0 bridgehead atoms. The number of aryl methyl sites for hydroxylation is 1. The Morgan fingerprint density at radius 2 is 2.07 bits per heavy atom. The summed E-state index contributed by atoms with van der Waals surface area (Å²) in [4.78, 5) is 15.1. The molecule has 1 N–H and O–H groups in total. The van der Waals surface area contributed by atoms with Gasteiger partial charge in [-0.15, -0.1) is 0 Å². The van der Waals surface area contributed by atoms with E-state index in [-0.39, 0.29) is 5.92 Å². The van der Waals surface area contributed by atoms with E-state index in [1.807, 2.05) is 32.9 Å². The van der Waals surface area contributed by atoms with Gasteiger partial charge in [0.25, 0.3) is 0 Å². The molecule has 0 amide bonds. The predicted molar refractivity (Wildman–Crippen MR) is 54.2 cm³/mol. The summed E-state index contributed by atoms with van der Waals surface area (Å²) in [6, 6.07) is 3.68. The number of aromatic nitrogens is 1. The van der Waals surface area contributed by atoms with Gasteiger partial charge in [0.15, 0.2) is 0 Å². The van der Waals surface area contributed by atoms with E-state index in [0.29, 0.717) is 0 Å². The van der Waals surface area contributed by atoms with Crippen LogP contribution in [0.1, 0.15) is 31.0 Å². The second-order valence-corrected chi connectivity index (χ2v) is 3.79. The molecule has 1 unspecified atom stereocenters. The molecule has 1 aromatic rings. The molecule has 0 spiro atoms. The molecule has 0 aliphatic heterocycles. The molecule has 76 valence electrons. The van der Waals surface area contributed by atoms with Crippen LogP contribution in [0.25, 0.3) is 0 Å². The van der Waals surface area contributed by atoms with Crippen LogP contribution in [0.2, 0.25) is 0 Å². The predicted octanol–water partition coefficient (Wildman–Crippen LogP) is 2.21. The number of pyridine rings is 1. The summed E-state index contributed by atoms with van der Waals surface area (Å²) in [5.74, 6) is -1.16. The average molecular weight is 193 g/mol. The van der Waals surface area contributed by atoms with E-state index in [0.717, 1.165) is 11.3 Å². The van der Waals surface area contributed by atoms with Crippen molar-refractivity contribution >= 4 is 5.97 Å². The molecule has 3 nitrogen and oxygen atoms in total. The van der Waals surface area contributed by atoms with Crippen molar-refractivity contribution < 1.29 is 9.90 Å². The fourth-order valence-corrected chi connectivity index (χ4v) is 1.48. The van der Waals surface area contributed by atoms with Crippen molar-refractivity contribution in [2.75, 3.05) is 0 Å². The van der Waals surface area contributed by atoms with Crippen molar-refractivity contribution in [1.82, 2.24) is 4.98 Å². The van der Waals surface area contributed by atoms with Gasteiger partial charge in [-0.3, -0.25) is 9.78 Å². The zero-order valence-electron chi connectivity index (χ0n) is 8.69. The van der Waals surface area contributed by atoms with E-state index in [1.54, 1.807) is 6.20 Å². The van der Waals surface area contributed by atoms with Gasteiger partial charge in [-0.2, -0.15) is 0 Å². The molecular weight excluding hydrogens is 178 g/mol. The molecule has 0 saturated carbocycles. The molecule has 0 saturated heterocycles. The van der Waals surface area contributed by atoms with Crippen LogP contribution in [0.5, 0.6) is 0 Å². The van der Waals surface area contributed by atoms with E-state index >= 15 is 0 Å². The number of carboxylic acid groups (broad SMARTS) is 1. The van der Waals surface area contributed by atoms with E-state index in [9.17, 15) is 4.79 Å². The summed E-state index contributed by atoms with van der Waals surface area (Å²) >= 11 is 0. The highest BCUT2D eigenvalue weighted by Gasteiger charge is 2.23. The Morgan fingerprint density at radius 3 is 2.43 bits per heavy atom. The minimum atomic E-state index is -0.786. The van der Waals surface area contributed by atoms with Crippen molar-refractivity contribution in [2.24, 2.45) is 5.92 Å². The van der Waals surface area contributed by atoms with Gasteiger partial charge in [-0.1, -0.05) is 19.9 Å². The van der Waals surface area contributed by atoms with Crippen molar-refractivity contribution in [3.63, 3.8) is 0 Å². The highest BCUT2D eigenvalue weighted by Crippen LogP contribution is 2.23. The van der Waals surface area contributed by atoms with Crippen LogP contribution in [0.4, 0.5) is 0 Å². The maximum Gasteiger partial charge on any atom is 0.311 e. The number of hydrogen-bond acceptors (Lipinski definition) is 2. The highest BCUT2D eigenvalue weighted by molar-refractivity contribution is 5.76. The summed E-state index contributed by atoms with van der Waals surface area (Å²) in [5.41, 5.74) is 1.68. The number of nitrogens with zero attached hydrogens (tertiary/aromatic N) is 1. The highest BCUT2D eigenvalue weighted by atomic mass is 16.4. The van der Waals surface area contributed by atoms with Crippen molar-refractivity contribution in [3.8, 4) is 0 Å². The SMILES string of the molecule is Cc1ccc(C(C(=O)O)C(C)C)cn1. The first-order valence-electron chi connectivity index (χ1n) is 4.67. The Hall–Kier alpha value is -1.38. The zero-order valence-corrected chi connectivity index (χ0v) is 8.69. The fourth-order valence-electron chi connectivity index (χ4n) is 1.48. The van der Waals surface area contributed by atoms with Crippen molar-refractivity contribution in [3.05, 3.63) is 29.6 Å². The third kappa shape index (κ3) is 2.31. The van der Waals surface area contributed by atoms with Gasteiger partial charge in [0.2, 0.25) is 0 Å². The molecule has 1 heterocycles. The third-order valence-electron chi connectivity index (χ3n) is 2.23. The van der Waals surface area contributed by atoms with Gasteiger partial charge >= 0.3 is 5.97 Å². The Kier molecular flexibility index (Phi) is 3.23. The lowest BCUT2D eigenvalue weighted by Crippen LogP contribution is -2.17. The van der Waals surface area contributed by atoms with Crippen molar-refractivity contribution in [2.45, 2.75) is 26.7 Å². The maximum atomic E-state index is 11.0. The lowest BCUT2D eigenvalue weighted by atomic mass is 9.89. The van der Waals surface area contributed by atoms with E-state index in [1.165, 1.54) is 0 Å². The van der Waals surface area contributed by atoms with Crippen LogP contribution >= 0.6 is 0 Å². The van der Waals surface area contributed by atoms with E-state index in [4.69, 9.17) is 5.11 Å². The Labute approximate surface area is 83.8 Å². The van der Waals surface area contributed by atoms with Gasteiger partial charge in [-0.05, 0) is 24.5 Å². The first kappa shape index (κ1) is 10.7. The first-order valence-corrected chi connectivity index (χ1v) is 4.67. The summed E-state index contributed by atoms with van der Waals surface area (Å²) in [7, 11) is 0. The Bertz CT molecular complexity index is 317. The van der Waals surface area contributed by atoms with Crippen molar-refractivity contribution in [1.29, 1.82) is 0 Å². The number of carboxylic acids is 1. The maximum absolute atomic E-state index is 11.0. The topological polar surface area (TPSA) is 50.2 Å². The van der Waals surface area contributed by atoms with Crippen LogP contribution in [-0.4, -0.2) is 16.1 Å². The van der Waals surface area contributed by atoms with Gasteiger partial charge in [0.1, 0.15) is 0 Å². The standard InChI is InChI=1S/C11H15NO2/c1-7(2)10(11(13)14)9-5-4-8(3)12-6-9/h4-7,10H,1-3H3,(H,13,14). The molecule has 1 atom stereocenters. The number of rotatable bonds is 3. The molecule has 0 aliphatic carbocycles. The molecular formula is C11H15NO2. The molecule has 0 aliphatic rings. The Balaban J connectivity index is 3.00. The lowest BCUT2D eigenvalue weighted by molar-refractivity contribution is -0.139. The first-order chi connectivity index (χ1) is 6.52. The summed E-state index contributed by atoms with van der Waals surface area (Å²) in [5, 5.41) is 9.04. The molecule has 0 fully saturated rings. The second kappa shape index (κ2) is 4.22. The van der Waals surface area contributed by atoms with E-state index in [2.05, 4.69) is 4.98 Å². The smallest absolute Gasteiger partial charge is 0.311 e. The second-order valence-electron chi connectivity index (χ2n) is 3.79. The van der Waals surface area contributed by atoms with Crippen LogP contribution in [0.15, 0.2) is 18.3 Å². The minimum Gasteiger partial charge on any atom is -0.481 e. The molecule has 1 rings (SSSR count). The lowest BCUT2D eigenvalue weighted by Gasteiger charge is -2.15. The molecule has 14 heavy (non-hydrogen) atoms. The van der Waals surface area contributed by atoms with Gasteiger partial charge in [-0.25, -0.2) is 0 Å². The summed E-state index contributed by atoms with van der Waals surface area (Å²) in [6.07, 6.45) is 1.65. The molecule has 0 radical (unpaired) electrons. The quantitative estimate of drug-likeness (QED) is 0.800. The monoisotopic (exact) mass is 193 g/mol. The van der Waals surface area contributed by atoms with Crippen LogP contribution < -0.4 is 0 Å². The number of carbonyl (C=O) groups is 1. The molecule has 1 aromatic heterocycles. The van der Waals surface area contributed by atoms with E-state index < -0.39 is 11.9 Å².